The lowest BCUT2D eigenvalue weighted by molar-refractivity contribution is -0.121. The van der Waals surface area contributed by atoms with Crippen LogP contribution in [0.25, 0.3) is 0 Å². The van der Waals surface area contributed by atoms with E-state index < -0.39 is 5.60 Å². The molecule has 1 unspecified atom stereocenters. The van der Waals surface area contributed by atoms with Gasteiger partial charge in [0, 0.05) is 5.92 Å². The summed E-state index contributed by atoms with van der Waals surface area (Å²) in [5, 5.41) is 9.43. The second kappa shape index (κ2) is 4.61. The van der Waals surface area contributed by atoms with E-state index in [2.05, 4.69) is 0 Å². The van der Waals surface area contributed by atoms with E-state index >= 15 is 0 Å². The van der Waals surface area contributed by atoms with Crippen LogP contribution < -0.4 is 0 Å². The summed E-state index contributed by atoms with van der Waals surface area (Å²) in [6.07, 6.45) is 2.38. The van der Waals surface area contributed by atoms with Gasteiger partial charge in [-0.2, -0.15) is 0 Å². The number of rotatable bonds is 5. The molecule has 0 aromatic rings. The zero-order valence-corrected chi connectivity index (χ0v) is 8.55. The van der Waals surface area contributed by atoms with Crippen molar-refractivity contribution in [1.82, 2.24) is 0 Å². The number of hydrogen-bond donors (Lipinski definition) is 1. The van der Waals surface area contributed by atoms with E-state index in [1.165, 1.54) is 0 Å². The van der Waals surface area contributed by atoms with E-state index in [9.17, 15) is 9.90 Å². The fourth-order valence-electron chi connectivity index (χ4n) is 1.22. The zero-order valence-electron chi connectivity index (χ0n) is 8.55. The van der Waals surface area contributed by atoms with Gasteiger partial charge in [-0.05, 0) is 40.0 Å². The van der Waals surface area contributed by atoms with Crippen molar-refractivity contribution in [2.45, 2.75) is 52.6 Å². The van der Waals surface area contributed by atoms with E-state index in [0.29, 0.717) is 6.42 Å². The smallest absolute Gasteiger partial charge is 0.132 e. The molecular formula is C10H20O2. The Morgan fingerprint density at radius 1 is 1.50 bits per heavy atom. The number of carbonyl (C=O) groups excluding carboxylic acids is 1. The lowest BCUT2D eigenvalue weighted by Gasteiger charge is -2.19. The molecule has 0 aliphatic heterocycles. The third-order valence-electron chi connectivity index (χ3n) is 2.17. The van der Waals surface area contributed by atoms with Crippen molar-refractivity contribution in [2.24, 2.45) is 5.92 Å². The van der Waals surface area contributed by atoms with Crippen LogP contribution in [-0.4, -0.2) is 16.5 Å². The molecule has 0 saturated heterocycles. The monoisotopic (exact) mass is 172 g/mol. The molecule has 0 aromatic carbocycles. The molecule has 72 valence electrons. The third kappa shape index (κ3) is 5.30. The van der Waals surface area contributed by atoms with Gasteiger partial charge in [0.15, 0.2) is 0 Å². The first-order valence-corrected chi connectivity index (χ1v) is 4.59. The van der Waals surface area contributed by atoms with Gasteiger partial charge in [0.2, 0.25) is 0 Å². The largest absolute Gasteiger partial charge is 0.390 e. The lowest BCUT2D eigenvalue weighted by Crippen LogP contribution is -2.21. The number of ketones is 1. The molecule has 0 fully saturated rings. The summed E-state index contributed by atoms with van der Waals surface area (Å²) in [5.41, 5.74) is -0.636. The predicted molar refractivity (Wildman–Crippen MR) is 50.0 cm³/mol. The van der Waals surface area contributed by atoms with Crippen molar-refractivity contribution >= 4 is 5.78 Å². The van der Waals surface area contributed by atoms with Crippen molar-refractivity contribution < 1.29 is 9.90 Å². The molecule has 0 saturated carbocycles. The second-order valence-corrected chi connectivity index (χ2v) is 4.07. The predicted octanol–water partition coefficient (Wildman–Crippen LogP) is 2.15. The summed E-state index contributed by atoms with van der Waals surface area (Å²) in [4.78, 5) is 11.0. The van der Waals surface area contributed by atoms with E-state index in [1.807, 2.05) is 6.92 Å². The quantitative estimate of drug-likeness (QED) is 0.690. The molecule has 1 N–H and O–H groups in total. The maximum absolute atomic E-state index is 11.0. The van der Waals surface area contributed by atoms with Crippen LogP contribution in [0.5, 0.6) is 0 Å². The van der Waals surface area contributed by atoms with Crippen molar-refractivity contribution in [3.63, 3.8) is 0 Å². The van der Waals surface area contributed by atoms with Crippen LogP contribution in [0, 0.1) is 5.92 Å². The van der Waals surface area contributed by atoms with Crippen LogP contribution in [0.3, 0.4) is 0 Å². The summed E-state index contributed by atoms with van der Waals surface area (Å²) >= 11 is 0. The first kappa shape index (κ1) is 11.6. The van der Waals surface area contributed by atoms with Gasteiger partial charge < -0.3 is 5.11 Å². The average Bonchev–Trinajstić information content (AvgIpc) is 1.85. The molecule has 0 aliphatic rings. The Labute approximate surface area is 75.0 Å². The van der Waals surface area contributed by atoms with Gasteiger partial charge in [0.25, 0.3) is 0 Å². The molecule has 2 heteroatoms. The molecule has 0 bridgehead atoms. The van der Waals surface area contributed by atoms with Crippen molar-refractivity contribution in [3.8, 4) is 0 Å². The highest BCUT2D eigenvalue weighted by Gasteiger charge is 2.18. The molecule has 0 radical (unpaired) electrons. The molecule has 0 aliphatic carbocycles. The maximum Gasteiger partial charge on any atom is 0.132 e. The number of Topliss-reactive ketones (excluding diaryl/α,β-unsaturated/α-hetero) is 1. The van der Waals surface area contributed by atoms with Gasteiger partial charge in [-0.1, -0.05) is 6.92 Å². The highest BCUT2D eigenvalue weighted by molar-refractivity contribution is 5.78. The molecule has 2 nitrogen and oxygen atoms in total. The number of carbonyl (C=O) groups is 1. The lowest BCUT2D eigenvalue weighted by atomic mass is 9.91. The van der Waals surface area contributed by atoms with Gasteiger partial charge >= 0.3 is 0 Å². The van der Waals surface area contributed by atoms with Crippen LogP contribution in [0.1, 0.15) is 47.0 Å². The van der Waals surface area contributed by atoms with Gasteiger partial charge in [0.05, 0.1) is 5.60 Å². The van der Waals surface area contributed by atoms with Gasteiger partial charge in [-0.15, -0.1) is 0 Å². The van der Waals surface area contributed by atoms with Crippen molar-refractivity contribution in [2.75, 3.05) is 0 Å². The topological polar surface area (TPSA) is 37.3 Å². The Balaban J connectivity index is 3.81. The highest BCUT2D eigenvalue weighted by Crippen LogP contribution is 2.18. The minimum atomic E-state index is -0.636. The summed E-state index contributed by atoms with van der Waals surface area (Å²) in [5.74, 6) is 0.373. The van der Waals surface area contributed by atoms with Crippen LogP contribution >= 0.6 is 0 Å². The number of hydrogen-bond acceptors (Lipinski definition) is 2. The average molecular weight is 172 g/mol. The molecule has 0 amide bonds. The van der Waals surface area contributed by atoms with Crippen LogP contribution in [-0.2, 0) is 4.79 Å². The van der Waals surface area contributed by atoms with E-state index in [0.717, 1.165) is 12.8 Å². The maximum atomic E-state index is 11.0. The second-order valence-electron chi connectivity index (χ2n) is 4.07. The minimum absolute atomic E-state index is 0.136. The standard InChI is InChI=1S/C10H20O2/c1-5-9(8(2)11)6-7-10(3,4)12/h9,12H,5-7H2,1-4H3. The fourth-order valence-corrected chi connectivity index (χ4v) is 1.22. The zero-order chi connectivity index (χ0) is 9.78. The molecule has 0 heterocycles. The van der Waals surface area contributed by atoms with Crippen LogP contribution in [0.2, 0.25) is 0 Å². The van der Waals surface area contributed by atoms with E-state index in [4.69, 9.17) is 0 Å². The molecular weight excluding hydrogens is 152 g/mol. The Morgan fingerprint density at radius 2 is 2.00 bits per heavy atom. The molecule has 0 spiro atoms. The molecule has 0 rings (SSSR count). The summed E-state index contributed by atoms with van der Waals surface area (Å²) in [6, 6.07) is 0. The van der Waals surface area contributed by atoms with Crippen LogP contribution in [0.4, 0.5) is 0 Å². The van der Waals surface area contributed by atoms with E-state index in [1.54, 1.807) is 20.8 Å². The Hall–Kier alpha value is -0.370. The molecule has 0 aromatic heterocycles. The summed E-state index contributed by atoms with van der Waals surface area (Å²) in [6.45, 7) is 7.19. The van der Waals surface area contributed by atoms with Crippen molar-refractivity contribution in [3.05, 3.63) is 0 Å². The van der Waals surface area contributed by atoms with E-state index in [-0.39, 0.29) is 11.7 Å². The Bertz CT molecular complexity index is 144. The van der Waals surface area contributed by atoms with Gasteiger partial charge in [-0.25, -0.2) is 0 Å². The van der Waals surface area contributed by atoms with Crippen molar-refractivity contribution in [1.29, 1.82) is 0 Å². The minimum Gasteiger partial charge on any atom is -0.390 e. The Morgan fingerprint density at radius 3 is 2.25 bits per heavy atom. The highest BCUT2D eigenvalue weighted by atomic mass is 16.3. The molecule has 1 atom stereocenters. The third-order valence-corrected chi connectivity index (χ3v) is 2.17. The SMILES string of the molecule is CCC(CCC(C)(C)O)C(C)=O. The fraction of sp³-hybridized carbons (Fsp3) is 0.900. The summed E-state index contributed by atoms with van der Waals surface area (Å²) < 4.78 is 0. The van der Waals surface area contributed by atoms with Gasteiger partial charge in [-0.3, -0.25) is 4.79 Å². The molecule has 12 heavy (non-hydrogen) atoms. The first-order chi connectivity index (χ1) is 5.37. The Kier molecular flexibility index (Phi) is 4.46. The first-order valence-electron chi connectivity index (χ1n) is 4.59. The number of aliphatic hydroxyl groups is 1. The summed E-state index contributed by atoms with van der Waals surface area (Å²) in [7, 11) is 0. The normalized spacial score (nSPS) is 14.4. The van der Waals surface area contributed by atoms with Gasteiger partial charge in [0.1, 0.15) is 5.78 Å². The van der Waals surface area contributed by atoms with Crippen LogP contribution in [0.15, 0.2) is 0 Å².